The topological polar surface area (TPSA) is 113 Å². The first-order chi connectivity index (χ1) is 19.4. The Bertz CT molecular complexity index is 1700. The number of piperidine rings is 1. The molecule has 2 N–H and O–H groups in total. The first-order valence-electron chi connectivity index (χ1n) is 13.7. The number of rotatable bonds is 6. The molecule has 0 amide bonds. The zero-order chi connectivity index (χ0) is 27.6. The number of aryl methyl sites for hydroxylation is 1. The number of carboxylic acid groups (broad SMARTS) is 1. The van der Waals surface area contributed by atoms with Gasteiger partial charge in [-0.3, -0.25) is 4.98 Å². The molecule has 0 bridgehead atoms. The molecule has 40 heavy (non-hydrogen) atoms. The van der Waals surface area contributed by atoms with Gasteiger partial charge in [-0.1, -0.05) is 11.2 Å². The molecule has 2 aliphatic carbocycles. The third kappa shape index (κ3) is 4.07. The largest absolute Gasteiger partial charge is 0.477 e. The third-order valence-electron chi connectivity index (χ3n) is 8.74. The van der Waals surface area contributed by atoms with Gasteiger partial charge in [0.15, 0.2) is 5.82 Å². The second kappa shape index (κ2) is 9.23. The molecular weight excluding hydrogens is 511 g/mol. The van der Waals surface area contributed by atoms with E-state index in [0.29, 0.717) is 22.7 Å². The molecule has 4 aromatic rings. The van der Waals surface area contributed by atoms with Crippen LogP contribution < -0.4 is 4.90 Å². The highest BCUT2D eigenvalue weighted by molar-refractivity contribution is 5.92. The summed E-state index contributed by atoms with van der Waals surface area (Å²) in [6.07, 6.45) is 9.93. The van der Waals surface area contributed by atoms with Crippen molar-refractivity contribution in [1.82, 2.24) is 15.1 Å². The number of aliphatic hydroxyl groups excluding tert-OH is 1. The Morgan fingerprint density at radius 2 is 1.95 bits per heavy atom. The molecule has 1 aliphatic heterocycles. The predicted molar refractivity (Wildman–Crippen MR) is 148 cm³/mol. The van der Waals surface area contributed by atoms with Gasteiger partial charge >= 0.3 is 5.97 Å². The highest BCUT2D eigenvalue weighted by Crippen LogP contribution is 2.56. The van der Waals surface area contributed by atoms with Gasteiger partial charge in [-0.15, -0.1) is 0 Å². The first kappa shape index (κ1) is 24.9. The van der Waals surface area contributed by atoms with Gasteiger partial charge in [0.25, 0.3) is 0 Å². The molecule has 1 saturated heterocycles. The molecule has 2 fully saturated rings. The van der Waals surface area contributed by atoms with Crippen molar-refractivity contribution < 1.29 is 23.9 Å². The van der Waals surface area contributed by atoms with Crippen LogP contribution in [0, 0.1) is 18.2 Å². The maximum absolute atomic E-state index is 14.9. The Hall–Kier alpha value is -4.11. The molecule has 1 aromatic carbocycles. The van der Waals surface area contributed by atoms with Gasteiger partial charge < -0.3 is 19.6 Å². The summed E-state index contributed by atoms with van der Waals surface area (Å²) in [5.74, 6) is -0.382. The summed E-state index contributed by atoms with van der Waals surface area (Å²) in [7, 11) is 0. The summed E-state index contributed by atoms with van der Waals surface area (Å²) in [6.45, 7) is 3.39. The molecule has 9 heteroatoms. The Morgan fingerprint density at radius 3 is 2.65 bits per heavy atom. The van der Waals surface area contributed by atoms with Crippen LogP contribution in [0.5, 0.6) is 0 Å². The lowest BCUT2D eigenvalue weighted by Crippen LogP contribution is -2.42. The minimum Gasteiger partial charge on any atom is -0.477 e. The second-order valence-corrected chi connectivity index (χ2v) is 11.4. The van der Waals surface area contributed by atoms with Gasteiger partial charge in [-0.25, -0.2) is 14.2 Å². The number of hydrogen-bond acceptors (Lipinski definition) is 7. The fourth-order valence-corrected chi connectivity index (χ4v) is 6.37. The molecule has 0 radical (unpaired) electrons. The van der Waals surface area contributed by atoms with E-state index in [1.54, 1.807) is 6.07 Å². The highest BCUT2D eigenvalue weighted by Gasteiger charge is 2.44. The monoisotopic (exact) mass is 540 g/mol. The summed E-state index contributed by atoms with van der Waals surface area (Å²) in [6, 6.07) is 7.66. The Kier molecular flexibility index (Phi) is 5.75. The molecule has 0 unspecified atom stereocenters. The van der Waals surface area contributed by atoms with E-state index in [2.05, 4.69) is 32.2 Å². The summed E-state index contributed by atoms with van der Waals surface area (Å²) >= 11 is 0. The van der Waals surface area contributed by atoms with Crippen LogP contribution in [0.4, 0.5) is 10.1 Å². The first-order valence-corrected chi connectivity index (χ1v) is 13.7. The van der Waals surface area contributed by atoms with Crippen LogP contribution in [-0.4, -0.2) is 44.4 Å². The maximum Gasteiger partial charge on any atom is 0.354 e. The molecule has 204 valence electrons. The van der Waals surface area contributed by atoms with E-state index in [0.717, 1.165) is 84.9 Å². The van der Waals surface area contributed by atoms with E-state index in [1.165, 1.54) is 6.20 Å². The van der Waals surface area contributed by atoms with Crippen LogP contribution in [0.15, 0.2) is 47.3 Å². The van der Waals surface area contributed by atoms with Gasteiger partial charge in [-0.05, 0) is 79.8 Å². The molecule has 3 aliphatic rings. The average Bonchev–Trinajstić information content (AvgIpc) is 3.70. The molecule has 3 aromatic heterocycles. The Labute approximate surface area is 230 Å². The Morgan fingerprint density at radius 1 is 1.18 bits per heavy atom. The lowest BCUT2D eigenvalue weighted by molar-refractivity contribution is 0.0691. The number of nitrogens with zero attached hydrogens (tertiary/aromatic N) is 4. The number of fused-ring (bicyclic) bond motifs is 1. The van der Waals surface area contributed by atoms with Crippen molar-refractivity contribution >= 4 is 28.1 Å². The van der Waals surface area contributed by atoms with Crippen LogP contribution in [0.2, 0.25) is 0 Å². The van der Waals surface area contributed by atoms with Gasteiger partial charge in [0.05, 0.1) is 18.3 Å². The molecule has 1 spiro atoms. The number of carboxylic acids is 1. The molecule has 7 rings (SSSR count). The zero-order valence-corrected chi connectivity index (χ0v) is 22.2. The molecule has 8 nitrogen and oxygen atoms in total. The fraction of sp³-hybridized carbons (Fsp3) is 0.355. The number of aromatic nitrogens is 3. The minimum absolute atomic E-state index is 0.0605. The van der Waals surface area contributed by atoms with E-state index in [1.807, 2.05) is 19.1 Å². The number of pyridine rings is 2. The third-order valence-corrected chi connectivity index (χ3v) is 8.74. The van der Waals surface area contributed by atoms with Gasteiger partial charge in [0.1, 0.15) is 17.1 Å². The Balaban J connectivity index is 1.14. The van der Waals surface area contributed by atoms with Crippen LogP contribution in [0.1, 0.15) is 71.0 Å². The van der Waals surface area contributed by atoms with Crippen molar-refractivity contribution in [2.24, 2.45) is 5.41 Å². The van der Waals surface area contributed by atoms with Gasteiger partial charge in [0, 0.05) is 53.0 Å². The molecule has 1 saturated carbocycles. The number of aliphatic hydroxyl groups is 1. The van der Waals surface area contributed by atoms with Crippen molar-refractivity contribution in [3.8, 4) is 11.3 Å². The lowest BCUT2D eigenvalue weighted by atomic mass is 9.63. The number of benzene rings is 1. The predicted octanol–water partition coefficient (Wildman–Crippen LogP) is 5.87. The van der Waals surface area contributed by atoms with E-state index in [4.69, 9.17) is 4.52 Å². The van der Waals surface area contributed by atoms with Crippen molar-refractivity contribution in [3.05, 3.63) is 76.7 Å². The summed E-state index contributed by atoms with van der Waals surface area (Å²) in [4.78, 5) is 21.9. The van der Waals surface area contributed by atoms with Crippen molar-refractivity contribution in [2.45, 2.75) is 51.6 Å². The summed E-state index contributed by atoms with van der Waals surface area (Å²) in [5.41, 5.74) is 6.03. The fourth-order valence-electron chi connectivity index (χ4n) is 6.37. The lowest BCUT2D eigenvalue weighted by Gasteiger charge is -2.47. The van der Waals surface area contributed by atoms with Crippen LogP contribution in [0.25, 0.3) is 27.7 Å². The number of halogens is 1. The van der Waals surface area contributed by atoms with Crippen LogP contribution in [0.3, 0.4) is 0 Å². The zero-order valence-electron chi connectivity index (χ0n) is 22.2. The van der Waals surface area contributed by atoms with Crippen LogP contribution in [-0.2, 0) is 6.61 Å². The molecule has 0 atom stereocenters. The SMILES string of the molecule is Cc1cc(C(=O)O)nc2ccc(N3CCC4(C=C(c5c(-c6c(F)cncc6CO)noc5C5CC5)C4)CC3)cc12. The second-order valence-electron chi connectivity index (χ2n) is 11.4. The smallest absolute Gasteiger partial charge is 0.354 e. The highest BCUT2D eigenvalue weighted by atomic mass is 19.1. The quantitative estimate of drug-likeness (QED) is 0.312. The van der Waals surface area contributed by atoms with E-state index in [9.17, 15) is 19.4 Å². The average molecular weight is 541 g/mol. The molecule has 4 heterocycles. The number of anilines is 1. The van der Waals surface area contributed by atoms with Crippen molar-refractivity contribution in [3.63, 3.8) is 0 Å². The number of aromatic carboxylic acids is 1. The maximum atomic E-state index is 14.9. The van der Waals surface area contributed by atoms with E-state index in [-0.39, 0.29) is 23.3 Å². The summed E-state index contributed by atoms with van der Waals surface area (Å²) < 4.78 is 20.7. The number of hydrogen-bond donors (Lipinski definition) is 2. The van der Waals surface area contributed by atoms with Crippen LogP contribution >= 0.6 is 0 Å². The van der Waals surface area contributed by atoms with E-state index < -0.39 is 11.8 Å². The standard InChI is InChI=1S/C31H29FN4O4/c1-17-10-25(30(38)39)34-24-5-4-21(11-22(17)24)36-8-6-31(7-9-36)12-19(13-31)27-28(35-40-29(27)18-2-3-18)26-20(16-37)14-33-15-23(26)32/h4-5,10-12,14-15,18,37H,2-3,6-9,13,16H2,1H3,(H,38,39). The van der Waals surface area contributed by atoms with Gasteiger partial charge in [-0.2, -0.15) is 0 Å². The van der Waals surface area contributed by atoms with Crippen molar-refractivity contribution in [2.75, 3.05) is 18.0 Å². The number of carbonyl (C=O) groups is 1. The van der Waals surface area contributed by atoms with Gasteiger partial charge in [0.2, 0.25) is 0 Å². The van der Waals surface area contributed by atoms with Crippen molar-refractivity contribution in [1.29, 1.82) is 0 Å². The number of allylic oxidation sites excluding steroid dienone is 2. The minimum atomic E-state index is -1.02. The summed E-state index contributed by atoms with van der Waals surface area (Å²) in [5, 5.41) is 24.4. The molecular formula is C31H29FN4O4. The van der Waals surface area contributed by atoms with E-state index >= 15 is 0 Å². The normalized spacial score (nSPS) is 18.2.